The molecule has 0 amide bonds. The van der Waals surface area contributed by atoms with Crippen LogP contribution in [0.4, 0.5) is 0 Å². The van der Waals surface area contributed by atoms with Gasteiger partial charge in [-0.05, 0) is 0 Å². The summed E-state index contributed by atoms with van der Waals surface area (Å²) in [7, 11) is -4.86. The van der Waals surface area contributed by atoms with Crippen LogP contribution in [0.3, 0.4) is 0 Å². The number of hydrogen-bond acceptors (Lipinski definition) is 4. The van der Waals surface area contributed by atoms with Crippen molar-refractivity contribution in [2.45, 2.75) is 0 Å². The summed E-state index contributed by atoms with van der Waals surface area (Å²) in [6.07, 6.45) is 0. The fourth-order valence-electron chi connectivity index (χ4n) is 0. The van der Waals surface area contributed by atoms with E-state index in [9.17, 15) is 0 Å². The van der Waals surface area contributed by atoms with E-state index in [0.29, 0.717) is 0 Å². The molecule has 0 spiro atoms. The van der Waals surface area contributed by atoms with Crippen LogP contribution in [0.2, 0.25) is 0 Å². The van der Waals surface area contributed by atoms with Gasteiger partial charge in [0.05, 0.1) is 0 Å². The predicted octanol–water partition coefficient (Wildman–Crippen LogP) is -7.44. The van der Waals surface area contributed by atoms with Crippen LogP contribution in [-0.2, 0) is 0 Å². The standard InChI is InChI=1S/FH.Mg.H3O4Si.H2O/c;;1-5(2,3)4;/h1H;;1-3H;1H2/q;+2;-1;/p-1. The summed E-state index contributed by atoms with van der Waals surface area (Å²) in [5.41, 5.74) is 0. The van der Waals surface area contributed by atoms with E-state index in [1.165, 1.54) is 0 Å². The monoisotopic (exact) mass is 156 g/mol. The van der Waals surface area contributed by atoms with Gasteiger partial charge < -0.3 is 29.4 Å². The normalized spacial score (nSPS) is 7.50. The summed E-state index contributed by atoms with van der Waals surface area (Å²) in [6.45, 7) is 0. The SMILES string of the molecule is O.[F-].[Mg+2].[O-][Si](O)(O)O. The molecule has 0 aliphatic rings. The van der Waals surface area contributed by atoms with Crippen molar-refractivity contribution in [1.29, 1.82) is 0 Å². The number of hydrogen-bond donors (Lipinski definition) is 3. The van der Waals surface area contributed by atoms with Crippen LogP contribution in [0.15, 0.2) is 0 Å². The van der Waals surface area contributed by atoms with Crippen molar-refractivity contribution >= 4 is 32.1 Å². The molecule has 0 aliphatic carbocycles. The van der Waals surface area contributed by atoms with E-state index in [-0.39, 0.29) is 33.2 Å². The molecule has 0 unspecified atom stereocenters. The Balaban J connectivity index is -0.0000000267. The van der Waals surface area contributed by atoms with Crippen LogP contribution in [-0.4, -0.2) is 52.0 Å². The third-order valence-corrected chi connectivity index (χ3v) is 0. The molecule has 0 aromatic rings. The molecule has 0 heterocycles. The van der Waals surface area contributed by atoms with Gasteiger partial charge in [0.1, 0.15) is 0 Å². The summed E-state index contributed by atoms with van der Waals surface area (Å²) in [4.78, 5) is 30.6. The second-order valence-electron chi connectivity index (χ2n) is 0.574. The minimum Gasteiger partial charge on any atom is -1.00 e. The quantitative estimate of drug-likeness (QED) is 0.302. The summed E-state index contributed by atoms with van der Waals surface area (Å²) in [5.74, 6) is 0. The zero-order chi connectivity index (χ0) is 4.50. The Morgan fingerprint density at radius 1 is 1.12 bits per heavy atom. The fraction of sp³-hybridized carbons (Fsp3) is 0. The molecular weight excluding hydrogens is 151 g/mol. The van der Waals surface area contributed by atoms with Gasteiger partial charge in [0.2, 0.25) is 0 Å². The second kappa shape index (κ2) is 7.71. The molecule has 0 atom stereocenters. The van der Waals surface area contributed by atoms with E-state index in [1.54, 1.807) is 0 Å². The third kappa shape index (κ3) is 431. The van der Waals surface area contributed by atoms with Gasteiger partial charge >= 0.3 is 32.1 Å². The Hall–Kier alpha value is 0.713. The molecule has 0 saturated heterocycles. The van der Waals surface area contributed by atoms with Crippen molar-refractivity contribution in [1.82, 2.24) is 0 Å². The largest absolute Gasteiger partial charge is 2.00 e. The van der Waals surface area contributed by atoms with Crippen molar-refractivity contribution < 1.29 is 29.4 Å². The van der Waals surface area contributed by atoms with Crippen LogP contribution < -0.4 is 9.50 Å². The first-order chi connectivity index (χ1) is 2.00. The Bertz CT molecular complexity index is 27.9. The molecule has 5 nitrogen and oxygen atoms in total. The zero-order valence-corrected chi connectivity index (χ0v) is 6.25. The first-order valence-electron chi connectivity index (χ1n) is 0.875. The van der Waals surface area contributed by atoms with Crippen LogP contribution in [0.25, 0.3) is 0 Å². The smallest absolute Gasteiger partial charge is 1.00 e. The minimum atomic E-state index is -4.86. The van der Waals surface area contributed by atoms with Crippen LogP contribution in [0.1, 0.15) is 0 Å². The first kappa shape index (κ1) is 23.3. The first-order valence-corrected chi connectivity index (χ1v) is 2.62. The van der Waals surface area contributed by atoms with Crippen molar-refractivity contribution in [2.24, 2.45) is 0 Å². The molecule has 0 rings (SSSR count). The molecule has 0 fully saturated rings. The van der Waals surface area contributed by atoms with E-state index >= 15 is 0 Å². The van der Waals surface area contributed by atoms with Gasteiger partial charge in [-0.25, -0.2) is 0 Å². The molecule has 0 aliphatic heterocycles. The van der Waals surface area contributed by atoms with E-state index in [1.807, 2.05) is 0 Å². The van der Waals surface area contributed by atoms with E-state index < -0.39 is 9.05 Å². The van der Waals surface area contributed by atoms with Crippen molar-refractivity contribution in [2.75, 3.05) is 0 Å². The van der Waals surface area contributed by atoms with E-state index in [2.05, 4.69) is 0 Å². The summed E-state index contributed by atoms with van der Waals surface area (Å²) < 4.78 is 0. The maximum atomic E-state index is 8.91. The summed E-state index contributed by atoms with van der Waals surface area (Å²) in [5, 5.41) is 0. The second-order valence-corrected chi connectivity index (χ2v) is 1.72. The fourth-order valence-corrected chi connectivity index (χ4v) is 0. The molecule has 0 bridgehead atoms. The van der Waals surface area contributed by atoms with Crippen molar-refractivity contribution in [3.63, 3.8) is 0 Å². The molecule has 0 radical (unpaired) electrons. The average Bonchev–Trinajstić information content (AvgIpc) is 0.722. The van der Waals surface area contributed by atoms with Gasteiger partial charge in [-0.2, -0.15) is 0 Å². The Labute approximate surface area is 61.9 Å². The van der Waals surface area contributed by atoms with E-state index in [4.69, 9.17) is 19.2 Å². The zero-order valence-electron chi connectivity index (χ0n) is 3.83. The minimum absolute atomic E-state index is 0. The maximum Gasteiger partial charge on any atom is 2.00 e. The molecule has 0 aromatic heterocycles. The number of halogens is 1. The molecule has 8 heteroatoms. The van der Waals surface area contributed by atoms with Crippen LogP contribution in [0, 0.1) is 0 Å². The van der Waals surface area contributed by atoms with Crippen LogP contribution >= 0.6 is 0 Å². The molecule has 0 aromatic carbocycles. The Morgan fingerprint density at radius 3 is 1.12 bits per heavy atom. The van der Waals surface area contributed by atoms with Gasteiger partial charge in [0, 0.05) is 0 Å². The van der Waals surface area contributed by atoms with Crippen molar-refractivity contribution in [3.8, 4) is 0 Å². The Morgan fingerprint density at radius 2 is 1.12 bits per heavy atom. The van der Waals surface area contributed by atoms with Gasteiger partial charge in [-0.3, -0.25) is 0 Å². The average molecular weight is 156 g/mol. The van der Waals surface area contributed by atoms with Crippen molar-refractivity contribution in [3.05, 3.63) is 0 Å². The van der Waals surface area contributed by atoms with Gasteiger partial charge in [0.25, 0.3) is 0 Å². The van der Waals surface area contributed by atoms with Gasteiger partial charge in [-0.1, -0.05) is 0 Å². The van der Waals surface area contributed by atoms with Crippen LogP contribution in [0.5, 0.6) is 0 Å². The molecule has 5 N–H and O–H groups in total. The third-order valence-electron chi connectivity index (χ3n) is 0. The molecule has 48 valence electrons. The summed E-state index contributed by atoms with van der Waals surface area (Å²) >= 11 is 0. The molecule has 0 saturated carbocycles. The maximum absolute atomic E-state index is 8.91. The Kier molecular flexibility index (Phi) is 22.5. The van der Waals surface area contributed by atoms with E-state index in [0.717, 1.165) is 0 Å². The predicted molar refractivity (Wildman–Crippen MR) is 21.8 cm³/mol. The molecular formula is H5FMgO5Si. The van der Waals surface area contributed by atoms with Gasteiger partial charge in [-0.15, -0.1) is 0 Å². The topological polar surface area (TPSA) is 115 Å². The van der Waals surface area contributed by atoms with Gasteiger partial charge in [0.15, 0.2) is 0 Å². The number of rotatable bonds is 0. The summed E-state index contributed by atoms with van der Waals surface area (Å²) in [6, 6.07) is 0. The molecule has 8 heavy (non-hydrogen) atoms.